The first-order valence-electron chi connectivity index (χ1n) is 11.6. The third kappa shape index (κ3) is 7.26. The van der Waals surface area contributed by atoms with E-state index in [1.807, 2.05) is 54.6 Å². The first-order valence-corrected chi connectivity index (χ1v) is 12.0. The van der Waals surface area contributed by atoms with Gasteiger partial charge in [0, 0.05) is 23.4 Å². The van der Waals surface area contributed by atoms with Gasteiger partial charge in [-0.1, -0.05) is 101 Å². The maximum absolute atomic E-state index is 13.0. The highest BCUT2D eigenvalue weighted by Crippen LogP contribution is 2.23. The molecule has 3 rings (SSSR count). The molecule has 4 heteroatoms. The molecule has 0 heterocycles. The van der Waals surface area contributed by atoms with Gasteiger partial charge in [0.05, 0.1) is 0 Å². The van der Waals surface area contributed by atoms with Gasteiger partial charge in [0.25, 0.3) is 0 Å². The molecule has 3 aromatic carbocycles. The predicted molar refractivity (Wildman–Crippen MR) is 143 cm³/mol. The van der Waals surface area contributed by atoms with Crippen molar-refractivity contribution in [1.29, 1.82) is 0 Å². The molecule has 0 amide bonds. The molecule has 2 N–H and O–H groups in total. The van der Waals surface area contributed by atoms with E-state index in [-0.39, 0.29) is 11.2 Å². The van der Waals surface area contributed by atoms with E-state index in [2.05, 4.69) is 62.6 Å². The van der Waals surface area contributed by atoms with E-state index in [1.165, 1.54) is 11.1 Å². The van der Waals surface area contributed by atoms with Gasteiger partial charge in [-0.05, 0) is 53.2 Å². The van der Waals surface area contributed by atoms with Crippen molar-refractivity contribution >= 4 is 28.8 Å². The van der Waals surface area contributed by atoms with E-state index in [1.54, 1.807) is 0 Å². The van der Waals surface area contributed by atoms with Crippen LogP contribution >= 0.6 is 12.2 Å². The van der Waals surface area contributed by atoms with Crippen molar-refractivity contribution in [3.05, 3.63) is 101 Å². The van der Waals surface area contributed by atoms with Crippen molar-refractivity contribution in [2.75, 3.05) is 11.9 Å². The van der Waals surface area contributed by atoms with E-state index >= 15 is 0 Å². The monoisotopic (exact) mass is 458 g/mol. The summed E-state index contributed by atoms with van der Waals surface area (Å²) in [6.45, 7) is 9.51. The van der Waals surface area contributed by atoms with Gasteiger partial charge in [0.15, 0.2) is 10.9 Å². The highest BCUT2D eigenvalue weighted by atomic mass is 32.1. The lowest BCUT2D eigenvalue weighted by atomic mass is 9.86. The minimum absolute atomic E-state index is 0.00638. The van der Waals surface area contributed by atoms with Gasteiger partial charge in [-0.3, -0.25) is 4.79 Å². The molecule has 0 fully saturated rings. The molecule has 0 saturated carbocycles. The van der Waals surface area contributed by atoms with Crippen LogP contribution < -0.4 is 10.6 Å². The standard InChI is InChI=1S/C29H34N2OS/c1-5-21(18-22-10-7-6-8-11-22)20-30-28(33)31-26-13-9-12-24(19-26)27(32)23-14-16-25(17-15-23)29(2,3)4/h6-17,19,21H,5,18,20H2,1-4H3,(H2,30,31,33). The second-order valence-electron chi connectivity index (χ2n) is 9.54. The van der Waals surface area contributed by atoms with Gasteiger partial charge in [-0.15, -0.1) is 0 Å². The Morgan fingerprint density at radius 3 is 2.24 bits per heavy atom. The number of hydrogen-bond donors (Lipinski definition) is 2. The number of hydrogen-bond acceptors (Lipinski definition) is 2. The Balaban J connectivity index is 1.58. The minimum atomic E-state index is 0.00638. The van der Waals surface area contributed by atoms with Crippen molar-refractivity contribution in [2.24, 2.45) is 5.92 Å². The second kappa shape index (κ2) is 11.2. The number of benzene rings is 3. The normalized spacial score (nSPS) is 12.1. The van der Waals surface area contributed by atoms with Crippen LogP contribution in [0.3, 0.4) is 0 Å². The summed E-state index contributed by atoms with van der Waals surface area (Å²) in [7, 11) is 0. The summed E-state index contributed by atoms with van der Waals surface area (Å²) >= 11 is 5.51. The maximum atomic E-state index is 13.0. The Labute approximate surface area is 203 Å². The molecule has 0 bridgehead atoms. The molecule has 1 unspecified atom stereocenters. The average molecular weight is 459 g/mol. The SMILES string of the molecule is CCC(CNC(=S)Nc1cccc(C(=O)c2ccc(C(C)(C)C)cc2)c1)Cc1ccccc1. The van der Waals surface area contributed by atoms with Crippen molar-refractivity contribution in [3.63, 3.8) is 0 Å². The van der Waals surface area contributed by atoms with Gasteiger partial charge >= 0.3 is 0 Å². The third-order valence-corrected chi connectivity index (χ3v) is 6.14. The molecule has 0 aliphatic rings. The maximum Gasteiger partial charge on any atom is 0.193 e. The van der Waals surface area contributed by atoms with Crippen LogP contribution in [0, 0.1) is 5.92 Å². The summed E-state index contributed by atoms with van der Waals surface area (Å²) in [4.78, 5) is 13.0. The molecule has 0 aliphatic carbocycles. The number of nitrogens with one attached hydrogen (secondary N) is 2. The lowest BCUT2D eigenvalue weighted by molar-refractivity contribution is 0.103. The number of thiocarbonyl (C=S) groups is 1. The van der Waals surface area contributed by atoms with Crippen LogP contribution in [0.4, 0.5) is 5.69 Å². The van der Waals surface area contributed by atoms with E-state index in [9.17, 15) is 4.79 Å². The lowest BCUT2D eigenvalue weighted by Gasteiger charge is -2.19. The first-order chi connectivity index (χ1) is 15.8. The number of rotatable bonds is 8. The highest BCUT2D eigenvalue weighted by molar-refractivity contribution is 7.80. The van der Waals surface area contributed by atoms with E-state index in [0.717, 1.165) is 25.1 Å². The van der Waals surface area contributed by atoms with Crippen LogP contribution in [-0.4, -0.2) is 17.4 Å². The largest absolute Gasteiger partial charge is 0.362 e. The second-order valence-corrected chi connectivity index (χ2v) is 9.94. The third-order valence-electron chi connectivity index (χ3n) is 5.89. The van der Waals surface area contributed by atoms with Crippen LogP contribution in [0.5, 0.6) is 0 Å². The zero-order valence-corrected chi connectivity index (χ0v) is 20.8. The predicted octanol–water partition coefficient (Wildman–Crippen LogP) is 6.77. The smallest absolute Gasteiger partial charge is 0.193 e. The van der Waals surface area contributed by atoms with Crippen LogP contribution in [0.25, 0.3) is 0 Å². The number of carbonyl (C=O) groups is 1. The number of ketones is 1. The summed E-state index contributed by atoms with van der Waals surface area (Å²) in [6.07, 6.45) is 2.09. The fourth-order valence-electron chi connectivity index (χ4n) is 3.75. The first kappa shape index (κ1) is 24.7. The molecule has 0 spiro atoms. The van der Waals surface area contributed by atoms with Gasteiger partial charge in [-0.2, -0.15) is 0 Å². The Kier molecular flexibility index (Phi) is 8.40. The average Bonchev–Trinajstić information content (AvgIpc) is 2.81. The highest BCUT2D eigenvalue weighted by Gasteiger charge is 2.15. The summed E-state index contributed by atoms with van der Waals surface area (Å²) in [6, 6.07) is 25.9. The van der Waals surface area contributed by atoms with E-state index in [4.69, 9.17) is 12.2 Å². The quantitative estimate of drug-likeness (QED) is 0.289. The number of anilines is 1. The van der Waals surface area contributed by atoms with Crippen molar-refractivity contribution < 1.29 is 4.79 Å². The molecular weight excluding hydrogens is 424 g/mol. The molecule has 0 radical (unpaired) electrons. The van der Waals surface area contributed by atoms with E-state index in [0.29, 0.717) is 22.2 Å². The van der Waals surface area contributed by atoms with Crippen molar-refractivity contribution in [2.45, 2.75) is 46.0 Å². The Morgan fingerprint density at radius 1 is 0.909 bits per heavy atom. The van der Waals surface area contributed by atoms with Gasteiger partial charge in [0.1, 0.15) is 0 Å². The van der Waals surface area contributed by atoms with Crippen molar-refractivity contribution in [3.8, 4) is 0 Å². The molecule has 0 aliphatic heterocycles. The Bertz CT molecular complexity index is 1070. The van der Waals surface area contributed by atoms with E-state index < -0.39 is 0 Å². The molecule has 172 valence electrons. The summed E-state index contributed by atoms with van der Waals surface area (Å²) in [5, 5.41) is 7.14. The van der Waals surface area contributed by atoms with Gasteiger partial charge in [-0.25, -0.2) is 0 Å². The summed E-state index contributed by atoms with van der Waals surface area (Å²) in [5.74, 6) is 0.503. The van der Waals surface area contributed by atoms with Gasteiger partial charge in [0.2, 0.25) is 0 Å². The van der Waals surface area contributed by atoms with Crippen LogP contribution in [0.1, 0.15) is 61.2 Å². The molecule has 1 atom stereocenters. The fourth-order valence-corrected chi connectivity index (χ4v) is 3.95. The Morgan fingerprint density at radius 2 is 1.61 bits per heavy atom. The zero-order chi connectivity index (χ0) is 23.8. The van der Waals surface area contributed by atoms with Crippen LogP contribution in [0.15, 0.2) is 78.9 Å². The fraction of sp³-hybridized carbons (Fsp3) is 0.310. The molecule has 3 nitrogen and oxygen atoms in total. The van der Waals surface area contributed by atoms with Crippen LogP contribution in [-0.2, 0) is 11.8 Å². The topological polar surface area (TPSA) is 41.1 Å². The molecular formula is C29H34N2OS. The molecule has 33 heavy (non-hydrogen) atoms. The molecule has 3 aromatic rings. The van der Waals surface area contributed by atoms with Crippen molar-refractivity contribution in [1.82, 2.24) is 5.32 Å². The minimum Gasteiger partial charge on any atom is -0.362 e. The number of carbonyl (C=O) groups excluding carboxylic acids is 1. The summed E-state index contributed by atoms with van der Waals surface area (Å²) < 4.78 is 0. The summed E-state index contributed by atoms with van der Waals surface area (Å²) in [5.41, 5.74) is 4.75. The molecule has 0 saturated heterocycles. The van der Waals surface area contributed by atoms with Crippen LogP contribution in [0.2, 0.25) is 0 Å². The molecule has 0 aromatic heterocycles. The van der Waals surface area contributed by atoms with Gasteiger partial charge < -0.3 is 10.6 Å². The zero-order valence-electron chi connectivity index (χ0n) is 20.0. The Hall–Kier alpha value is -2.98. The lowest BCUT2D eigenvalue weighted by Crippen LogP contribution is -2.33.